The highest BCUT2D eigenvalue weighted by Crippen LogP contribution is 2.24. The smallest absolute Gasteiger partial charge is 0.120 e. The quantitative estimate of drug-likeness (QED) is 0.891. The predicted octanol–water partition coefficient (Wildman–Crippen LogP) is 2.49. The lowest BCUT2D eigenvalue weighted by molar-refractivity contribution is 0.408. The maximum atomic E-state index is 5.31. The van der Waals surface area contributed by atoms with E-state index in [1.165, 1.54) is 11.3 Å². The summed E-state index contributed by atoms with van der Waals surface area (Å²) in [5, 5.41) is 10.7. The summed E-state index contributed by atoms with van der Waals surface area (Å²) in [5.74, 6) is 0.924. The molecule has 2 aromatic rings. The number of hydrogen-bond donors (Lipinski definition) is 2. The molecule has 1 aromatic heterocycles. The summed E-state index contributed by atoms with van der Waals surface area (Å²) in [6.45, 7) is 5.12. The average Bonchev–Trinajstić information content (AvgIpc) is 2.98. The fraction of sp³-hybridized carbons (Fsp3) is 0.471. The van der Waals surface area contributed by atoms with Gasteiger partial charge in [-0.2, -0.15) is 5.10 Å². The predicted molar refractivity (Wildman–Crippen MR) is 88.4 cm³/mol. The van der Waals surface area contributed by atoms with Crippen LogP contribution in [0.3, 0.4) is 0 Å². The summed E-state index contributed by atoms with van der Waals surface area (Å²) in [4.78, 5) is 2.43. The molecule has 0 spiro atoms. The standard InChI is InChI=1S/C17H24N4O/c1-13-14(12-19-20-13)11-18-15-6-8-21(9-7-15)16-4-3-5-17(10-16)22-2/h3-5,10,12,15,18H,6-9,11H2,1-2H3,(H,19,20). The Morgan fingerprint density at radius 2 is 2.18 bits per heavy atom. The molecule has 118 valence electrons. The van der Waals surface area contributed by atoms with E-state index in [4.69, 9.17) is 4.74 Å². The molecule has 22 heavy (non-hydrogen) atoms. The highest BCUT2D eigenvalue weighted by atomic mass is 16.5. The number of nitrogens with one attached hydrogen (secondary N) is 2. The number of piperidine rings is 1. The lowest BCUT2D eigenvalue weighted by atomic mass is 10.0. The molecule has 2 N–H and O–H groups in total. The van der Waals surface area contributed by atoms with Gasteiger partial charge in [0.2, 0.25) is 0 Å². The Morgan fingerprint density at radius 3 is 2.86 bits per heavy atom. The van der Waals surface area contributed by atoms with Gasteiger partial charge in [-0.05, 0) is 31.9 Å². The SMILES string of the molecule is COc1cccc(N2CCC(NCc3cn[nH]c3C)CC2)c1. The first-order chi connectivity index (χ1) is 10.8. The minimum Gasteiger partial charge on any atom is -0.497 e. The van der Waals surface area contributed by atoms with Crippen LogP contribution < -0.4 is 15.0 Å². The van der Waals surface area contributed by atoms with Gasteiger partial charge in [0, 0.05) is 48.7 Å². The Labute approximate surface area is 131 Å². The third-order valence-corrected chi connectivity index (χ3v) is 4.43. The Morgan fingerprint density at radius 1 is 1.36 bits per heavy atom. The van der Waals surface area contributed by atoms with E-state index in [-0.39, 0.29) is 0 Å². The van der Waals surface area contributed by atoms with E-state index in [0.717, 1.165) is 43.9 Å². The molecule has 0 atom stereocenters. The molecule has 0 unspecified atom stereocenters. The second kappa shape index (κ2) is 6.83. The summed E-state index contributed by atoms with van der Waals surface area (Å²) in [7, 11) is 1.72. The zero-order valence-electron chi connectivity index (χ0n) is 13.3. The van der Waals surface area contributed by atoms with E-state index >= 15 is 0 Å². The number of H-pyrrole nitrogens is 1. The zero-order valence-corrected chi connectivity index (χ0v) is 13.3. The molecule has 0 saturated carbocycles. The van der Waals surface area contributed by atoms with Gasteiger partial charge in [-0.1, -0.05) is 6.07 Å². The Hall–Kier alpha value is -2.01. The van der Waals surface area contributed by atoms with Crippen LogP contribution in [0.25, 0.3) is 0 Å². The Kier molecular flexibility index (Phi) is 4.63. The molecular formula is C17H24N4O. The first-order valence-corrected chi connectivity index (χ1v) is 7.87. The van der Waals surface area contributed by atoms with Crippen molar-refractivity contribution >= 4 is 5.69 Å². The molecule has 0 amide bonds. The molecule has 0 bridgehead atoms. The number of aryl methyl sites for hydroxylation is 1. The lowest BCUT2D eigenvalue weighted by Gasteiger charge is -2.34. The van der Waals surface area contributed by atoms with Crippen molar-refractivity contribution < 1.29 is 4.74 Å². The third-order valence-electron chi connectivity index (χ3n) is 4.43. The minimum absolute atomic E-state index is 0.580. The van der Waals surface area contributed by atoms with Gasteiger partial charge in [-0.3, -0.25) is 5.10 Å². The molecule has 3 rings (SSSR count). The van der Waals surface area contributed by atoms with Crippen molar-refractivity contribution in [2.24, 2.45) is 0 Å². The second-order valence-electron chi connectivity index (χ2n) is 5.86. The van der Waals surface area contributed by atoms with E-state index in [9.17, 15) is 0 Å². The highest BCUT2D eigenvalue weighted by molar-refractivity contribution is 5.51. The Bertz CT molecular complexity index is 602. The summed E-state index contributed by atoms with van der Waals surface area (Å²) in [6, 6.07) is 8.90. The van der Waals surface area contributed by atoms with Crippen molar-refractivity contribution in [3.05, 3.63) is 41.7 Å². The van der Waals surface area contributed by atoms with Crippen LogP contribution >= 0.6 is 0 Å². The Balaban J connectivity index is 1.50. The highest BCUT2D eigenvalue weighted by Gasteiger charge is 2.19. The lowest BCUT2D eigenvalue weighted by Crippen LogP contribution is -2.42. The van der Waals surface area contributed by atoms with Crippen LogP contribution in [0.2, 0.25) is 0 Å². The molecule has 1 aromatic carbocycles. The summed E-state index contributed by atoms with van der Waals surface area (Å²) in [6.07, 6.45) is 4.23. The number of ether oxygens (including phenoxy) is 1. The van der Waals surface area contributed by atoms with Gasteiger partial charge >= 0.3 is 0 Å². The van der Waals surface area contributed by atoms with Crippen LogP contribution in [0.5, 0.6) is 5.75 Å². The van der Waals surface area contributed by atoms with Crippen molar-refractivity contribution in [1.82, 2.24) is 15.5 Å². The number of aromatic amines is 1. The van der Waals surface area contributed by atoms with E-state index < -0.39 is 0 Å². The van der Waals surface area contributed by atoms with Gasteiger partial charge in [0.15, 0.2) is 0 Å². The topological polar surface area (TPSA) is 53.2 Å². The molecule has 1 fully saturated rings. The fourth-order valence-corrected chi connectivity index (χ4v) is 2.96. The second-order valence-corrected chi connectivity index (χ2v) is 5.86. The number of hydrogen-bond acceptors (Lipinski definition) is 4. The van der Waals surface area contributed by atoms with Gasteiger partial charge in [0.25, 0.3) is 0 Å². The maximum Gasteiger partial charge on any atom is 0.120 e. The third kappa shape index (κ3) is 3.42. The normalized spacial score (nSPS) is 16.0. The number of rotatable bonds is 5. The van der Waals surface area contributed by atoms with Gasteiger partial charge in [0.1, 0.15) is 5.75 Å². The number of anilines is 1. The van der Waals surface area contributed by atoms with Crippen LogP contribution in [-0.2, 0) is 6.54 Å². The summed E-state index contributed by atoms with van der Waals surface area (Å²) in [5.41, 5.74) is 3.67. The largest absolute Gasteiger partial charge is 0.497 e. The van der Waals surface area contributed by atoms with Gasteiger partial charge in [-0.15, -0.1) is 0 Å². The molecular weight excluding hydrogens is 276 g/mol. The molecule has 1 aliphatic rings. The van der Waals surface area contributed by atoms with Crippen LogP contribution in [0.4, 0.5) is 5.69 Å². The van der Waals surface area contributed by atoms with Gasteiger partial charge in [0.05, 0.1) is 13.3 Å². The first kappa shape index (κ1) is 14.9. The minimum atomic E-state index is 0.580. The maximum absolute atomic E-state index is 5.31. The number of methoxy groups -OCH3 is 1. The molecule has 0 radical (unpaired) electrons. The van der Waals surface area contributed by atoms with E-state index in [0.29, 0.717) is 6.04 Å². The van der Waals surface area contributed by atoms with E-state index in [1.807, 2.05) is 12.3 Å². The number of benzene rings is 1. The van der Waals surface area contributed by atoms with Gasteiger partial charge < -0.3 is 15.0 Å². The van der Waals surface area contributed by atoms with Crippen molar-refractivity contribution in [1.29, 1.82) is 0 Å². The van der Waals surface area contributed by atoms with Gasteiger partial charge in [-0.25, -0.2) is 0 Å². The van der Waals surface area contributed by atoms with Crippen LogP contribution in [0.15, 0.2) is 30.5 Å². The van der Waals surface area contributed by atoms with Crippen LogP contribution in [-0.4, -0.2) is 36.4 Å². The van der Waals surface area contributed by atoms with E-state index in [1.54, 1.807) is 7.11 Å². The first-order valence-electron chi connectivity index (χ1n) is 7.87. The van der Waals surface area contributed by atoms with Crippen molar-refractivity contribution in [2.75, 3.05) is 25.1 Å². The van der Waals surface area contributed by atoms with Crippen molar-refractivity contribution in [3.8, 4) is 5.75 Å². The number of nitrogens with zero attached hydrogens (tertiary/aromatic N) is 2. The zero-order chi connectivity index (χ0) is 15.4. The fourth-order valence-electron chi connectivity index (χ4n) is 2.96. The molecule has 2 heterocycles. The summed E-state index contributed by atoms with van der Waals surface area (Å²) < 4.78 is 5.31. The molecule has 5 heteroatoms. The van der Waals surface area contributed by atoms with Crippen molar-refractivity contribution in [2.45, 2.75) is 32.4 Å². The monoisotopic (exact) mass is 300 g/mol. The molecule has 0 aliphatic carbocycles. The molecule has 5 nitrogen and oxygen atoms in total. The molecule has 1 saturated heterocycles. The van der Waals surface area contributed by atoms with Crippen LogP contribution in [0.1, 0.15) is 24.1 Å². The van der Waals surface area contributed by atoms with Crippen molar-refractivity contribution in [3.63, 3.8) is 0 Å². The molecule has 1 aliphatic heterocycles. The summed E-state index contributed by atoms with van der Waals surface area (Å²) >= 11 is 0. The average molecular weight is 300 g/mol. The van der Waals surface area contributed by atoms with Crippen LogP contribution in [0, 0.1) is 6.92 Å². The number of aromatic nitrogens is 2. The van der Waals surface area contributed by atoms with E-state index in [2.05, 4.69) is 45.5 Å².